The Hall–Kier alpha value is -2.65. The maximum absolute atomic E-state index is 12.0. The minimum atomic E-state index is -0.220. The van der Waals surface area contributed by atoms with E-state index in [1.807, 2.05) is 6.92 Å². The fourth-order valence-corrected chi connectivity index (χ4v) is 2.88. The highest BCUT2D eigenvalue weighted by molar-refractivity contribution is 6.12. The SMILES string of the molecule is Cc1cc(C(=O)NCCNCOCCCCCCN2C(=O)C=CC2=O)nc(C)n1. The molecule has 1 aliphatic rings. The number of nitrogens with one attached hydrogen (secondary N) is 2. The van der Waals surface area contributed by atoms with Gasteiger partial charge in [0.05, 0.1) is 6.73 Å². The van der Waals surface area contributed by atoms with Gasteiger partial charge in [-0.15, -0.1) is 0 Å². The number of nitrogens with zero attached hydrogens (tertiary/aromatic N) is 3. The number of ether oxygens (including phenoxy) is 1. The Morgan fingerprint density at radius 2 is 1.76 bits per heavy atom. The summed E-state index contributed by atoms with van der Waals surface area (Å²) in [6.07, 6.45) is 6.28. The molecule has 2 rings (SSSR count). The predicted octanol–water partition coefficient (Wildman–Crippen LogP) is 0.872. The van der Waals surface area contributed by atoms with E-state index in [0.717, 1.165) is 31.4 Å². The maximum atomic E-state index is 12.0. The Balaban J connectivity index is 1.40. The van der Waals surface area contributed by atoms with Gasteiger partial charge in [-0.2, -0.15) is 0 Å². The molecule has 29 heavy (non-hydrogen) atoms. The van der Waals surface area contributed by atoms with E-state index in [4.69, 9.17) is 4.74 Å². The fourth-order valence-electron chi connectivity index (χ4n) is 2.88. The van der Waals surface area contributed by atoms with Gasteiger partial charge in [0.15, 0.2) is 0 Å². The molecule has 9 heteroatoms. The zero-order chi connectivity index (χ0) is 21.1. The van der Waals surface area contributed by atoms with Gasteiger partial charge in [0.1, 0.15) is 11.5 Å². The van der Waals surface area contributed by atoms with Crippen molar-refractivity contribution in [2.75, 3.05) is 33.0 Å². The summed E-state index contributed by atoms with van der Waals surface area (Å²) >= 11 is 0. The first-order valence-electron chi connectivity index (χ1n) is 9.90. The Morgan fingerprint density at radius 1 is 1.03 bits per heavy atom. The van der Waals surface area contributed by atoms with Gasteiger partial charge >= 0.3 is 0 Å². The molecule has 2 heterocycles. The predicted molar refractivity (Wildman–Crippen MR) is 107 cm³/mol. The fraction of sp³-hybridized carbons (Fsp3) is 0.550. The molecule has 1 aromatic heterocycles. The number of amides is 3. The van der Waals surface area contributed by atoms with E-state index < -0.39 is 0 Å². The molecule has 0 saturated carbocycles. The van der Waals surface area contributed by atoms with Crippen LogP contribution in [-0.2, 0) is 14.3 Å². The Labute approximate surface area is 170 Å². The smallest absolute Gasteiger partial charge is 0.270 e. The highest BCUT2D eigenvalue weighted by Gasteiger charge is 2.22. The molecule has 0 atom stereocenters. The number of aromatic nitrogens is 2. The van der Waals surface area contributed by atoms with Crippen molar-refractivity contribution in [3.8, 4) is 0 Å². The lowest BCUT2D eigenvalue weighted by atomic mass is 10.2. The molecule has 0 saturated heterocycles. The molecule has 0 fully saturated rings. The van der Waals surface area contributed by atoms with E-state index in [0.29, 0.717) is 44.5 Å². The highest BCUT2D eigenvalue weighted by Crippen LogP contribution is 2.07. The van der Waals surface area contributed by atoms with Crippen LogP contribution in [0, 0.1) is 13.8 Å². The van der Waals surface area contributed by atoms with E-state index in [9.17, 15) is 14.4 Å². The van der Waals surface area contributed by atoms with Crippen molar-refractivity contribution in [1.82, 2.24) is 25.5 Å². The molecular weight excluding hydrogens is 374 g/mol. The lowest BCUT2D eigenvalue weighted by molar-refractivity contribution is -0.136. The molecule has 0 bridgehead atoms. The zero-order valence-corrected chi connectivity index (χ0v) is 17.1. The summed E-state index contributed by atoms with van der Waals surface area (Å²) in [7, 11) is 0. The first-order chi connectivity index (χ1) is 14.0. The van der Waals surface area contributed by atoms with E-state index in [1.54, 1.807) is 13.0 Å². The monoisotopic (exact) mass is 403 g/mol. The number of hydrogen-bond acceptors (Lipinski definition) is 7. The van der Waals surface area contributed by atoms with Crippen molar-refractivity contribution in [3.63, 3.8) is 0 Å². The van der Waals surface area contributed by atoms with Gasteiger partial charge < -0.3 is 10.1 Å². The van der Waals surface area contributed by atoms with Crippen LogP contribution in [0.1, 0.15) is 47.7 Å². The number of unbranched alkanes of at least 4 members (excludes halogenated alkanes) is 3. The van der Waals surface area contributed by atoms with Crippen LogP contribution >= 0.6 is 0 Å². The average molecular weight is 403 g/mol. The molecule has 9 nitrogen and oxygen atoms in total. The lowest BCUT2D eigenvalue weighted by Gasteiger charge is -2.13. The Kier molecular flexibility index (Phi) is 9.39. The summed E-state index contributed by atoms with van der Waals surface area (Å²) < 4.78 is 5.50. The number of imide groups is 1. The van der Waals surface area contributed by atoms with Gasteiger partial charge in [-0.05, 0) is 32.8 Å². The number of rotatable bonds is 13. The van der Waals surface area contributed by atoms with Crippen LogP contribution < -0.4 is 10.6 Å². The number of carbonyl (C=O) groups is 3. The Morgan fingerprint density at radius 3 is 2.48 bits per heavy atom. The third-order valence-electron chi connectivity index (χ3n) is 4.31. The van der Waals surface area contributed by atoms with Gasteiger partial charge in [0.25, 0.3) is 17.7 Å². The first kappa shape index (κ1) is 22.6. The second-order valence-corrected chi connectivity index (χ2v) is 6.83. The van der Waals surface area contributed by atoms with Gasteiger partial charge in [-0.3, -0.25) is 24.6 Å². The van der Waals surface area contributed by atoms with Crippen molar-refractivity contribution < 1.29 is 19.1 Å². The van der Waals surface area contributed by atoms with E-state index in [-0.39, 0.29) is 17.7 Å². The molecule has 0 unspecified atom stereocenters. The molecule has 0 spiro atoms. The van der Waals surface area contributed by atoms with Gasteiger partial charge in [0, 0.05) is 44.1 Å². The van der Waals surface area contributed by atoms with Crippen molar-refractivity contribution in [2.24, 2.45) is 0 Å². The molecule has 1 aromatic rings. The second-order valence-electron chi connectivity index (χ2n) is 6.83. The van der Waals surface area contributed by atoms with Gasteiger partial charge in [-0.1, -0.05) is 12.8 Å². The summed E-state index contributed by atoms with van der Waals surface area (Å²) in [6.45, 7) is 6.21. The summed E-state index contributed by atoms with van der Waals surface area (Å²) in [5.41, 5.74) is 1.14. The van der Waals surface area contributed by atoms with E-state index >= 15 is 0 Å². The van der Waals surface area contributed by atoms with Gasteiger partial charge in [0.2, 0.25) is 0 Å². The van der Waals surface area contributed by atoms with Crippen molar-refractivity contribution in [3.05, 3.63) is 35.4 Å². The minimum Gasteiger partial charge on any atom is -0.366 e. The van der Waals surface area contributed by atoms with E-state index in [2.05, 4.69) is 20.6 Å². The first-order valence-corrected chi connectivity index (χ1v) is 9.90. The summed E-state index contributed by atoms with van der Waals surface area (Å²) in [5.74, 6) is -0.0723. The lowest BCUT2D eigenvalue weighted by Crippen LogP contribution is -2.33. The van der Waals surface area contributed by atoms with Gasteiger partial charge in [-0.25, -0.2) is 9.97 Å². The number of aryl methyl sites for hydroxylation is 2. The third kappa shape index (κ3) is 8.08. The van der Waals surface area contributed by atoms with E-state index in [1.165, 1.54) is 17.1 Å². The van der Waals surface area contributed by atoms with Crippen molar-refractivity contribution in [1.29, 1.82) is 0 Å². The summed E-state index contributed by atoms with van der Waals surface area (Å²) in [4.78, 5) is 44.4. The highest BCUT2D eigenvalue weighted by atomic mass is 16.5. The second kappa shape index (κ2) is 12.0. The van der Waals surface area contributed by atoms with Crippen LogP contribution in [0.2, 0.25) is 0 Å². The Bertz CT molecular complexity index is 712. The van der Waals surface area contributed by atoms with Crippen LogP contribution in [0.4, 0.5) is 0 Å². The summed E-state index contributed by atoms with van der Waals surface area (Å²) in [6, 6.07) is 1.66. The molecule has 2 N–H and O–H groups in total. The van der Waals surface area contributed by atoms with Crippen LogP contribution in [0.3, 0.4) is 0 Å². The molecular formula is C20H29N5O4. The quantitative estimate of drug-likeness (QED) is 0.285. The zero-order valence-electron chi connectivity index (χ0n) is 17.1. The molecule has 158 valence electrons. The number of hydrogen-bond donors (Lipinski definition) is 2. The van der Waals surface area contributed by atoms with Crippen LogP contribution in [0.5, 0.6) is 0 Å². The molecule has 3 amide bonds. The van der Waals surface area contributed by atoms with Crippen molar-refractivity contribution >= 4 is 17.7 Å². The standard InChI is InChI=1S/C20H29N5O4/c1-15-13-17(24-16(2)23-15)20(28)22-10-9-21-14-29-12-6-4-3-5-11-25-18(26)7-8-19(25)27/h7-8,13,21H,3-6,9-12,14H2,1-2H3,(H,22,28). The van der Waals surface area contributed by atoms with Crippen molar-refractivity contribution in [2.45, 2.75) is 39.5 Å². The summed E-state index contributed by atoms with van der Waals surface area (Å²) in [5, 5.41) is 5.91. The maximum Gasteiger partial charge on any atom is 0.270 e. The molecule has 0 radical (unpaired) electrons. The normalized spacial score (nSPS) is 13.4. The minimum absolute atomic E-state index is 0.213. The largest absolute Gasteiger partial charge is 0.366 e. The topological polar surface area (TPSA) is 114 Å². The number of carbonyl (C=O) groups excluding carboxylic acids is 3. The molecule has 0 aromatic carbocycles. The molecule has 1 aliphatic heterocycles. The third-order valence-corrected chi connectivity index (χ3v) is 4.31. The average Bonchev–Trinajstić information content (AvgIpc) is 2.99. The van der Waals surface area contributed by atoms with Crippen LogP contribution in [0.15, 0.2) is 18.2 Å². The van der Waals surface area contributed by atoms with Crippen LogP contribution in [0.25, 0.3) is 0 Å². The molecule has 0 aliphatic carbocycles. The van der Waals surface area contributed by atoms with Crippen LogP contribution in [-0.4, -0.2) is 65.6 Å².